The van der Waals surface area contributed by atoms with Crippen molar-refractivity contribution in [3.63, 3.8) is 0 Å². The molecule has 0 aromatic rings. The molecule has 0 spiro atoms. The lowest BCUT2D eigenvalue weighted by atomic mass is 10.1. The first-order chi connectivity index (χ1) is 6.60. The summed E-state index contributed by atoms with van der Waals surface area (Å²) in [6.45, 7) is 7.76. The Balaban J connectivity index is 2.78. The van der Waals surface area contributed by atoms with Crippen molar-refractivity contribution in [3.05, 3.63) is 11.6 Å². The lowest BCUT2D eigenvalue weighted by molar-refractivity contribution is -0.124. The molecule has 1 N–H and O–H groups in total. The number of carbonyl (C=O) groups is 2. The van der Waals surface area contributed by atoms with Crippen LogP contribution in [0.15, 0.2) is 11.6 Å². The summed E-state index contributed by atoms with van der Waals surface area (Å²) >= 11 is 0. The van der Waals surface area contributed by atoms with E-state index in [1.165, 1.54) is 6.08 Å². The topological polar surface area (TPSA) is 49.4 Å². The van der Waals surface area contributed by atoms with E-state index in [0.717, 1.165) is 13.1 Å². The highest BCUT2D eigenvalue weighted by molar-refractivity contribution is 6.16. The van der Waals surface area contributed by atoms with Crippen LogP contribution >= 0.6 is 0 Å². The minimum absolute atomic E-state index is 0.0106. The van der Waals surface area contributed by atoms with Crippen LogP contribution in [0.1, 0.15) is 20.8 Å². The van der Waals surface area contributed by atoms with E-state index in [-0.39, 0.29) is 17.9 Å². The fraction of sp³-hybridized carbons (Fsp3) is 0.600. The van der Waals surface area contributed by atoms with E-state index in [1.54, 1.807) is 0 Å². The second-order valence-electron chi connectivity index (χ2n) is 3.32. The molecule has 1 aliphatic rings. The van der Waals surface area contributed by atoms with Crippen LogP contribution in [0.3, 0.4) is 0 Å². The van der Waals surface area contributed by atoms with Gasteiger partial charge in [-0.15, -0.1) is 0 Å². The van der Waals surface area contributed by atoms with Crippen molar-refractivity contribution in [1.29, 1.82) is 0 Å². The lowest BCUT2D eigenvalue weighted by Crippen LogP contribution is -2.37. The largest absolute Gasteiger partial charge is 0.297 e. The minimum Gasteiger partial charge on any atom is -0.297 e. The van der Waals surface area contributed by atoms with Crippen LogP contribution in [0.5, 0.6) is 0 Å². The van der Waals surface area contributed by atoms with E-state index in [9.17, 15) is 9.59 Å². The number of carbonyl (C=O) groups excluding carboxylic acids is 2. The standard InChI is InChI=1S/C10H16N2O2/c1-4-12(5-2)7(3)8-6-9(13)11-10(8)14/h6-7H,4-5H2,1-3H3,(H,11,13,14). The molecule has 0 aromatic heterocycles. The third-order valence-electron chi connectivity index (χ3n) is 2.60. The van der Waals surface area contributed by atoms with Crippen molar-refractivity contribution in [2.75, 3.05) is 13.1 Å². The lowest BCUT2D eigenvalue weighted by Gasteiger charge is -2.26. The Morgan fingerprint density at radius 1 is 1.36 bits per heavy atom. The van der Waals surface area contributed by atoms with Crippen LogP contribution in [-0.2, 0) is 9.59 Å². The van der Waals surface area contributed by atoms with E-state index in [2.05, 4.69) is 10.2 Å². The van der Waals surface area contributed by atoms with Gasteiger partial charge < -0.3 is 0 Å². The molecule has 4 nitrogen and oxygen atoms in total. The van der Waals surface area contributed by atoms with Gasteiger partial charge in [-0.2, -0.15) is 0 Å². The maximum absolute atomic E-state index is 11.3. The Labute approximate surface area is 84.0 Å². The van der Waals surface area contributed by atoms with Crippen molar-refractivity contribution < 1.29 is 9.59 Å². The van der Waals surface area contributed by atoms with E-state index in [4.69, 9.17) is 0 Å². The molecule has 14 heavy (non-hydrogen) atoms. The fourth-order valence-corrected chi connectivity index (χ4v) is 1.71. The summed E-state index contributed by atoms with van der Waals surface area (Å²) in [6.07, 6.45) is 1.39. The third kappa shape index (κ3) is 2.01. The van der Waals surface area contributed by atoms with Gasteiger partial charge >= 0.3 is 0 Å². The normalized spacial score (nSPS) is 18.4. The maximum Gasteiger partial charge on any atom is 0.255 e. The smallest absolute Gasteiger partial charge is 0.255 e. The molecule has 0 bridgehead atoms. The Bertz CT molecular complexity index is 280. The molecule has 4 heteroatoms. The van der Waals surface area contributed by atoms with Gasteiger partial charge in [-0.1, -0.05) is 13.8 Å². The number of amides is 2. The summed E-state index contributed by atoms with van der Waals surface area (Å²) in [5.41, 5.74) is 0.568. The van der Waals surface area contributed by atoms with Gasteiger partial charge in [0.2, 0.25) is 0 Å². The molecular formula is C10H16N2O2. The van der Waals surface area contributed by atoms with Gasteiger partial charge in [-0.25, -0.2) is 0 Å². The average molecular weight is 196 g/mol. The molecule has 0 aromatic carbocycles. The third-order valence-corrected chi connectivity index (χ3v) is 2.60. The van der Waals surface area contributed by atoms with Gasteiger partial charge in [0.15, 0.2) is 0 Å². The molecule has 0 aliphatic carbocycles. The summed E-state index contributed by atoms with van der Waals surface area (Å²) in [5, 5.41) is 2.25. The monoisotopic (exact) mass is 196 g/mol. The molecule has 0 radical (unpaired) electrons. The number of imide groups is 1. The second-order valence-corrected chi connectivity index (χ2v) is 3.32. The molecular weight excluding hydrogens is 180 g/mol. The summed E-state index contributed by atoms with van der Waals surface area (Å²) < 4.78 is 0. The summed E-state index contributed by atoms with van der Waals surface area (Å²) in [5.74, 6) is -0.557. The predicted molar refractivity (Wildman–Crippen MR) is 53.6 cm³/mol. The van der Waals surface area contributed by atoms with Gasteiger partial charge in [0.05, 0.1) is 0 Å². The zero-order valence-corrected chi connectivity index (χ0v) is 8.83. The van der Waals surface area contributed by atoms with Crippen molar-refractivity contribution >= 4 is 11.8 Å². The first-order valence-electron chi connectivity index (χ1n) is 4.91. The van der Waals surface area contributed by atoms with Gasteiger partial charge in [0.1, 0.15) is 0 Å². The van der Waals surface area contributed by atoms with E-state index >= 15 is 0 Å². The van der Waals surface area contributed by atoms with Crippen LogP contribution < -0.4 is 5.32 Å². The summed E-state index contributed by atoms with van der Waals surface area (Å²) in [6, 6.07) is 0.0106. The van der Waals surface area contributed by atoms with Gasteiger partial charge in [0, 0.05) is 17.7 Å². The molecule has 78 valence electrons. The highest BCUT2D eigenvalue weighted by atomic mass is 16.2. The SMILES string of the molecule is CCN(CC)C(C)C1=CC(=O)NC1=O. The van der Waals surface area contributed by atoms with Crippen molar-refractivity contribution in [2.24, 2.45) is 0 Å². The van der Waals surface area contributed by atoms with Crippen molar-refractivity contribution in [1.82, 2.24) is 10.2 Å². The number of rotatable bonds is 4. The number of hydrogen-bond donors (Lipinski definition) is 1. The molecule has 2 amide bonds. The Hall–Kier alpha value is -1.16. The van der Waals surface area contributed by atoms with Gasteiger partial charge in [-0.05, 0) is 20.0 Å². The minimum atomic E-state index is -0.302. The average Bonchev–Trinajstić information content (AvgIpc) is 2.47. The van der Waals surface area contributed by atoms with E-state index in [1.807, 2.05) is 20.8 Å². The Morgan fingerprint density at radius 3 is 2.29 bits per heavy atom. The maximum atomic E-state index is 11.3. The zero-order chi connectivity index (χ0) is 10.7. The number of hydrogen-bond acceptors (Lipinski definition) is 3. The Morgan fingerprint density at radius 2 is 1.93 bits per heavy atom. The van der Waals surface area contributed by atoms with Crippen molar-refractivity contribution in [3.8, 4) is 0 Å². The first-order valence-corrected chi connectivity index (χ1v) is 4.91. The first kappa shape index (κ1) is 10.9. The highest BCUT2D eigenvalue weighted by Crippen LogP contribution is 2.13. The van der Waals surface area contributed by atoms with Gasteiger partial charge in [0.25, 0.3) is 11.8 Å². The van der Waals surface area contributed by atoms with Crippen LogP contribution in [0.25, 0.3) is 0 Å². The quantitative estimate of drug-likeness (QED) is 0.658. The predicted octanol–water partition coefficient (Wildman–Crippen LogP) is 0.299. The number of likely N-dealkylation sites (N-methyl/N-ethyl adjacent to an activating group) is 1. The molecule has 0 saturated carbocycles. The van der Waals surface area contributed by atoms with E-state index in [0.29, 0.717) is 5.57 Å². The summed E-state index contributed by atoms with van der Waals surface area (Å²) in [7, 11) is 0. The fourth-order valence-electron chi connectivity index (χ4n) is 1.71. The molecule has 1 heterocycles. The number of nitrogens with zero attached hydrogens (tertiary/aromatic N) is 1. The van der Waals surface area contributed by atoms with Crippen LogP contribution in [0, 0.1) is 0 Å². The van der Waals surface area contributed by atoms with Crippen LogP contribution in [0.2, 0.25) is 0 Å². The molecule has 1 aliphatic heterocycles. The molecule has 1 unspecified atom stereocenters. The van der Waals surface area contributed by atoms with Gasteiger partial charge in [-0.3, -0.25) is 19.8 Å². The number of nitrogens with one attached hydrogen (secondary N) is 1. The molecule has 0 fully saturated rings. The van der Waals surface area contributed by atoms with Crippen LogP contribution in [-0.4, -0.2) is 35.8 Å². The second kappa shape index (κ2) is 4.37. The zero-order valence-electron chi connectivity index (χ0n) is 8.83. The van der Waals surface area contributed by atoms with Crippen LogP contribution in [0.4, 0.5) is 0 Å². The van der Waals surface area contributed by atoms with E-state index < -0.39 is 0 Å². The molecule has 1 atom stereocenters. The Kier molecular flexibility index (Phi) is 3.41. The molecule has 0 saturated heterocycles. The highest BCUT2D eigenvalue weighted by Gasteiger charge is 2.27. The summed E-state index contributed by atoms with van der Waals surface area (Å²) in [4.78, 5) is 24.4. The molecule has 1 rings (SSSR count). The van der Waals surface area contributed by atoms with Crippen molar-refractivity contribution in [2.45, 2.75) is 26.8 Å².